The third-order valence-electron chi connectivity index (χ3n) is 1.37. The van der Waals surface area contributed by atoms with Crippen molar-refractivity contribution < 1.29 is 43.4 Å². The van der Waals surface area contributed by atoms with Crippen molar-refractivity contribution in [1.29, 1.82) is 0 Å². The Morgan fingerprint density at radius 1 is 1.09 bits per heavy atom. The predicted octanol–water partition coefficient (Wildman–Crippen LogP) is -3.79. The molecule has 0 aliphatic heterocycles. The Hall–Kier alpha value is 0.488. The summed E-state index contributed by atoms with van der Waals surface area (Å²) in [5.74, 6) is 0. The first-order valence-electron chi connectivity index (χ1n) is 3.18. The molecule has 0 nitrogen and oxygen atoms in total. The zero-order valence-corrected chi connectivity index (χ0v) is 9.41. The largest absolute Gasteiger partial charge is 1.00 e. The van der Waals surface area contributed by atoms with E-state index in [-0.39, 0.29) is 43.4 Å². The normalized spacial score (nSPS) is 17.5. The number of rotatable bonds is 2. The molecule has 0 bridgehead atoms. The minimum Gasteiger partial charge on any atom is -1.00 e. The number of hydrogen-bond acceptors (Lipinski definition) is 0. The van der Waals surface area contributed by atoms with E-state index in [0.717, 1.165) is 0 Å². The molecule has 0 saturated heterocycles. The van der Waals surface area contributed by atoms with Gasteiger partial charge in [-0.05, 0) is 0 Å². The van der Waals surface area contributed by atoms with Crippen LogP contribution in [0, 0.1) is 0 Å². The van der Waals surface area contributed by atoms with E-state index < -0.39 is 0 Å². The Kier molecular flexibility index (Phi) is 5.42. The van der Waals surface area contributed by atoms with E-state index >= 15 is 0 Å². The van der Waals surface area contributed by atoms with E-state index in [1.54, 1.807) is 7.93 Å². The van der Waals surface area contributed by atoms with Crippen LogP contribution in [-0.2, 0) is 18.6 Å². The molecule has 0 aromatic rings. The second kappa shape index (κ2) is 5.19. The molecular formula is C8H8Cl2Mo. The second-order valence-electron chi connectivity index (χ2n) is 2.24. The van der Waals surface area contributed by atoms with Crippen LogP contribution in [0.25, 0.3) is 0 Å². The molecule has 0 fully saturated rings. The topological polar surface area (TPSA) is 0 Å². The van der Waals surface area contributed by atoms with E-state index in [2.05, 4.69) is 24.3 Å². The number of hydrogen-bond donors (Lipinski definition) is 0. The Bertz CT molecular complexity index is 216. The maximum absolute atomic E-state index is 2.36. The fourth-order valence-electron chi connectivity index (χ4n) is 0.797. The van der Waals surface area contributed by atoms with Gasteiger partial charge in [0.1, 0.15) is 0 Å². The van der Waals surface area contributed by atoms with Crippen molar-refractivity contribution >= 4 is 0 Å². The van der Waals surface area contributed by atoms with Gasteiger partial charge in [-0.2, -0.15) is 0 Å². The van der Waals surface area contributed by atoms with Crippen LogP contribution in [-0.4, -0.2) is 0 Å². The molecule has 0 unspecified atom stereocenters. The van der Waals surface area contributed by atoms with E-state index in [1.807, 2.05) is 0 Å². The standard InChI is InChI=1S/C5H5.C3H3.2ClH.Mo/c1-2-4-5-3-1;1-2-3-1;;;/h1-3H,4H2;1H,2H2;2*1H;/q;;;;+2/p-2. The third kappa shape index (κ3) is 3.60. The zero-order chi connectivity index (χ0) is 6.10. The number of halogens is 2. The quantitative estimate of drug-likeness (QED) is 0.452. The Morgan fingerprint density at radius 3 is 2.27 bits per heavy atom. The van der Waals surface area contributed by atoms with Gasteiger partial charge in [0.25, 0.3) is 0 Å². The zero-order valence-electron chi connectivity index (χ0n) is 5.89. The van der Waals surface area contributed by atoms with Crippen LogP contribution in [0.1, 0.15) is 12.8 Å². The molecule has 0 aromatic carbocycles. The minimum atomic E-state index is 0. The molecule has 0 radical (unpaired) electrons. The average Bonchev–Trinajstić information content (AvgIpc) is 2.46. The third-order valence-corrected chi connectivity index (χ3v) is 4.22. The van der Waals surface area contributed by atoms with Gasteiger partial charge in [0, 0.05) is 0 Å². The van der Waals surface area contributed by atoms with Gasteiger partial charge in [-0.15, -0.1) is 0 Å². The molecule has 0 heterocycles. The predicted molar refractivity (Wildman–Crippen MR) is 34.5 cm³/mol. The fraction of sp³-hybridized carbons (Fsp3) is 0.250. The molecule has 2 aliphatic rings. The summed E-state index contributed by atoms with van der Waals surface area (Å²) in [6, 6.07) is 0. The van der Waals surface area contributed by atoms with E-state index in [1.165, 1.54) is 12.8 Å². The Labute approximate surface area is 88.2 Å². The van der Waals surface area contributed by atoms with Crippen molar-refractivity contribution in [2.75, 3.05) is 0 Å². The van der Waals surface area contributed by atoms with Crippen molar-refractivity contribution in [1.82, 2.24) is 0 Å². The van der Waals surface area contributed by atoms with Crippen LogP contribution >= 0.6 is 0 Å². The molecule has 0 N–H and O–H groups in total. The van der Waals surface area contributed by atoms with Crippen LogP contribution in [0.4, 0.5) is 0 Å². The van der Waals surface area contributed by atoms with Gasteiger partial charge >= 0.3 is 63.6 Å². The fourth-order valence-corrected chi connectivity index (χ4v) is 3.04. The van der Waals surface area contributed by atoms with Crippen LogP contribution in [0.3, 0.4) is 0 Å². The molecule has 11 heavy (non-hydrogen) atoms. The summed E-state index contributed by atoms with van der Waals surface area (Å²) in [6.07, 6.45) is 11.7. The van der Waals surface area contributed by atoms with Gasteiger partial charge in [-0.1, -0.05) is 0 Å². The van der Waals surface area contributed by atoms with Crippen molar-refractivity contribution in [3.8, 4) is 0 Å². The maximum atomic E-state index is 2.36. The first-order valence-corrected chi connectivity index (χ1v) is 5.18. The molecule has 0 atom stereocenters. The van der Waals surface area contributed by atoms with E-state index in [0.29, 0.717) is 0 Å². The minimum absolute atomic E-state index is 0. The van der Waals surface area contributed by atoms with Crippen LogP contribution in [0.15, 0.2) is 32.2 Å². The monoisotopic (exact) mass is 272 g/mol. The van der Waals surface area contributed by atoms with Gasteiger partial charge in [0.2, 0.25) is 0 Å². The van der Waals surface area contributed by atoms with Gasteiger partial charge in [-0.3, -0.25) is 0 Å². The molecule has 3 heteroatoms. The average molecular weight is 271 g/mol. The summed E-state index contributed by atoms with van der Waals surface area (Å²) in [6.45, 7) is 0. The van der Waals surface area contributed by atoms with Crippen LogP contribution in [0.5, 0.6) is 0 Å². The summed E-state index contributed by atoms with van der Waals surface area (Å²) in [5, 5.41) is 0. The molecule has 2 rings (SSSR count). The van der Waals surface area contributed by atoms with Gasteiger partial charge < -0.3 is 24.8 Å². The molecule has 0 saturated carbocycles. The summed E-state index contributed by atoms with van der Waals surface area (Å²) < 4.78 is 3.47. The SMILES string of the molecule is C1=CC[C]([Mo+2][C]2=CC2)=C1.[Cl-].[Cl-]. The van der Waals surface area contributed by atoms with Crippen molar-refractivity contribution in [2.45, 2.75) is 12.8 Å². The van der Waals surface area contributed by atoms with Crippen molar-refractivity contribution in [3.05, 3.63) is 32.2 Å². The Balaban J connectivity index is 0.000000500. The summed E-state index contributed by atoms with van der Waals surface area (Å²) in [4.78, 5) is 0. The summed E-state index contributed by atoms with van der Waals surface area (Å²) in [7, 11) is 0. The van der Waals surface area contributed by atoms with E-state index in [4.69, 9.17) is 0 Å². The van der Waals surface area contributed by atoms with Crippen LogP contribution < -0.4 is 24.8 Å². The van der Waals surface area contributed by atoms with Gasteiger partial charge in [0.05, 0.1) is 0 Å². The first-order chi connectivity index (χ1) is 4.45. The molecule has 0 amide bonds. The van der Waals surface area contributed by atoms with Crippen molar-refractivity contribution in [2.24, 2.45) is 0 Å². The number of allylic oxidation sites excluding steroid dienone is 6. The maximum Gasteiger partial charge on any atom is -1.00 e. The molecular weight excluding hydrogens is 263 g/mol. The first kappa shape index (κ1) is 11.5. The Morgan fingerprint density at radius 2 is 1.82 bits per heavy atom. The van der Waals surface area contributed by atoms with Gasteiger partial charge in [-0.25, -0.2) is 0 Å². The van der Waals surface area contributed by atoms with E-state index in [9.17, 15) is 0 Å². The molecule has 0 aromatic heterocycles. The molecule has 60 valence electrons. The smallest absolute Gasteiger partial charge is 1.00 e. The summed E-state index contributed by atoms with van der Waals surface area (Å²) >= 11 is 0.167. The molecule has 0 spiro atoms. The molecule has 2 aliphatic carbocycles. The second-order valence-corrected chi connectivity index (χ2v) is 5.32. The van der Waals surface area contributed by atoms with Crippen molar-refractivity contribution in [3.63, 3.8) is 0 Å². The summed E-state index contributed by atoms with van der Waals surface area (Å²) in [5.41, 5.74) is 0. The van der Waals surface area contributed by atoms with Gasteiger partial charge in [0.15, 0.2) is 0 Å². The van der Waals surface area contributed by atoms with Crippen LogP contribution in [0.2, 0.25) is 0 Å².